The number of hydrogen-bond donors (Lipinski definition) is 2. The van der Waals surface area contributed by atoms with E-state index in [2.05, 4.69) is 5.32 Å². The molecule has 4 nitrogen and oxygen atoms in total. The number of halogens is 1. The van der Waals surface area contributed by atoms with Crippen molar-refractivity contribution in [2.75, 3.05) is 13.7 Å². The summed E-state index contributed by atoms with van der Waals surface area (Å²) < 4.78 is 10.4. The Kier molecular flexibility index (Phi) is 4.85. The van der Waals surface area contributed by atoms with E-state index in [1.54, 1.807) is 19.4 Å². The van der Waals surface area contributed by atoms with Gasteiger partial charge in [-0.05, 0) is 29.8 Å². The SMILES string of the molecule is COc1ccc(CNC(CO)c2ccco2)cc1Cl. The Hall–Kier alpha value is -1.49. The third-order valence-corrected chi connectivity index (χ3v) is 3.13. The van der Waals surface area contributed by atoms with Crippen molar-refractivity contribution in [2.45, 2.75) is 12.6 Å². The summed E-state index contributed by atoms with van der Waals surface area (Å²) in [6, 6.07) is 8.98. The molecule has 0 aliphatic carbocycles. The zero-order chi connectivity index (χ0) is 13.7. The Morgan fingerprint density at radius 2 is 2.26 bits per heavy atom. The van der Waals surface area contributed by atoms with Gasteiger partial charge in [-0.2, -0.15) is 0 Å². The first-order valence-electron chi connectivity index (χ1n) is 5.94. The molecule has 1 atom stereocenters. The first-order chi connectivity index (χ1) is 9.24. The van der Waals surface area contributed by atoms with E-state index in [0.29, 0.717) is 23.1 Å². The summed E-state index contributed by atoms with van der Waals surface area (Å²) in [7, 11) is 1.58. The van der Waals surface area contributed by atoms with Gasteiger partial charge < -0.3 is 19.6 Å². The Morgan fingerprint density at radius 3 is 2.84 bits per heavy atom. The largest absolute Gasteiger partial charge is 0.495 e. The number of aliphatic hydroxyl groups is 1. The van der Waals surface area contributed by atoms with Crippen LogP contribution in [0.5, 0.6) is 5.75 Å². The Labute approximate surface area is 117 Å². The van der Waals surface area contributed by atoms with E-state index in [1.165, 1.54) is 0 Å². The minimum absolute atomic E-state index is 0.0304. The van der Waals surface area contributed by atoms with Crippen LogP contribution in [0.4, 0.5) is 0 Å². The Morgan fingerprint density at radius 1 is 1.42 bits per heavy atom. The monoisotopic (exact) mass is 281 g/mol. The van der Waals surface area contributed by atoms with Crippen molar-refractivity contribution in [1.29, 1.82) is 0 Å². The molecule has 0 saturated heterocycles. The smallest absolute Gasteiger partial charge is 0.137 e. The summed E-state index contributed by atoms with van der Waals surface area (Å²) in [6.45, 7) is 0.549. The van der Waals surface area contributed by atoms with Gasteiger partial charge in [-0.3, -0.25) is 0 Å². The van der Waals surface area contributed by atoms with Gasteiger partial charge in [0.05, 0.1) is 31.0 Å². The molecule has 19 heavy (non-hydrogen) atoms. The van der Waals surface area contributed by atoms with Crippen molar-refractivity contribution in [3.05, 3.63) is 52.9 Å². The van der Waals surface area contributed by atoms with E-state index in [-0.39, 0.29) is 12.6 Å². The standard InChI is InChI=1S/C14H16ClNO3/c1-18-13-5-4-10(7-11(13)15)8-16-12(9-17)14-3-2-6-19-14/h2-7,12,16-17H,8-9H2,1H3. The van der Waals surface area contributed by atoms with Crippen LogP contribution in [0.2, 0.25) is 5.02 Å². The van der Waals surface area contributed by atoms with Crippen molar-refractivity contribution >= 4 is 11.6 Å². The van der Waals surface area contributed by atoms with Gasteiger partial charge in [0.15, 0.2) is 0 Å². The molecule has 2 rings (SSSR count). The van der Waals surface area contributed by atoms with Crippen molar-refractivity contribution in [3.8, 4) is 5.75 Å². The minimum Gasteiger partial charge on any atom is -0.495 e. The highest BCUT2D eigenvalue weighted by Gasteiger charge is 2.12. The summed E-state index contributed by atoms with van der Waals surface area (Å²) in [5, 5.41) is 13.1. The van der Waals surface area contributed by atoms with Gasteiger partial charge in [0.1, 0.15) is 11.5 Å². The van der Waals surface area contributed by atoms with Crippen LogP contribution in [0.1, 0.15) is 17.4 Å². The number of methoxy groups -OCH3 is 1. The fraction of sp³-hybridized carbons (Fsp3) is 0.286. The average molecular weight is 282 g/mol. The molecule has 0 radical (unpaired) electrons. The number of aliphatic hydroxyl groups excluding tert-OH is 1. The molecule has 0 saturated carbocycles. The number of nitrogens with one attached hydrogen (secondary N) is 1. The van der Waals surface area contributed by atoms with Crippen molar-refractivity contribution < 1.29 is 14.3 Å². The summed E-state index contributed by atoms with van der Waals surface area (Å²) in [4.78, 5) is 0. The second kappa shape index (κ2) is 6.61. The lowest BCUT2D eigenvalue weighted by molar-refractivity contribution is 0.225. The summed E-state index contributed by atoms with van der Waals surface area (Å²) >= 11 is 6.06. The van der Waals surface area contributed by atoms with Gasteiger partial charge >= 0.3 is 0 Å². The maximum Gasteiger partial charge on any atom is 0.137 e. The normalized spacial score (nSPS) is 12.4. The van der Waals surface area contributed by atoms with E-state index in [0.717, 1.165) is 5.56 Å². The van der Waals surface area contributed by atoms with Crippen LogP contribution in [0, 0.1) is 0 Å². The highest BCUT2D eigenvalue weighted by atomic mass is 35.5. The predicted molar refractivity (Wildman–Crippen MR) is 73.4 cm³/mol. The predicted octanol–water partition coefficient (Wildman–Crippen LogP) is 2.76. The van der Waals surface area contributed by atoms with Crippen LogP contribution < -0.4 is 10.1 Å². The van der Waals surface area contributed by atoms with Crippen molar-refractivity contribution in [1.82, 2.24) is 5.32 Å². The molecule has 2 N–H and O–H groups in total. The highest BCUT2D eigenvalue weighted by Crippen LogP contribution is 2.25. The van der Waals surface area contributed by atoms with Gasteiger partial charge in [0.2, 0.25) is 0 Å². The quantitative estimate of drug-likeness (QED) is 0.855. The third kappa shape index (κ3) is 3.50. The highest BCUT2D eigenvalue weighted by molar-refractivity contribution is 6.32. The first kappa shape index (κ1) is 13.9. The van der Waals surface area contributed by atoms with Gasteiger partial charge in [-0.15, -0.1) is 0 Å². The molecule has 0 amide bonds. The number of benzene rings is 1. The average Bonchev–Trinajstić information content (AvgIpc) is 2.94. The van der Waals surface area contributed by atoms with Crippen LogP contribution in [0.3, 0.4) is 0 Å². The fourth-order valence-electron chi connectivity index (χ4n) is 1.81. The molecule has 1 aromatic carbocycles. The molecule has 0 aliphatic heterocycles. The second-order valence-corrected chi connectivity index (χ2v) is 4.51. The first-order valence-corrected chi connectivity index (χ1v) is 6.32. The van der Waals surface area contributed by atoms with Crippen LogP contribution in [0.15, 0.2) is 41.0 Å². The molecule has 0 fully saturated rings. The summed E-state index contributed by atoms with van der Waals surface area (Å²) in [5.74, 6) is 1.36. The number of ether oxygens (including phenoxy) is 1. The van der Waals surface area contributed by atoms with E-state index in [4.69, 9.17) is 20.8 Å². The molecule has 5 heteroatoms. The zero-order valence-corrected chi connectivity index (χ0v) is 11.4. The van der Waals surface area contributed by atoms with Gasteiger partial charge in [-0.1, -0.05) is 17.7 Å². The lowest BCUT2D eigenvalue weighted by atomic mass is 10.2. The van der Waals surface area contributed by atoms with Crippen LogP contribution in [-0.4, -0.2) is 18.8 Å². The summed E-state index contributed by atoms with van der Waals surface area (Å²) in [5.41, 5.74) is 1.01. The lowest BCUT2D eigenvalue weighted by Crippen LogP contribution is -2.23. The van der Waals surface area contributed by atoms with Crippen LogP contribution in [-0.2, 0) is 6.54 Å². The van der Waals surface area contributed by atoms with Gasteiger partial charge in [-0.25, -0.2) is 0 Å². The summed E-state index contributed by atoms with van der Waals surface area (Å²) in [6.07, 6.45) is 1.59. The maximum absolute atomic E-state index is 9.34. The number of furan rings is 1. The van der Waals surface area contributed by atoms with E-state index >= 15 is 0 Å². The number of hydrogen-bond acceptors (Lipinski definition) is 4. The molecule has 0 spiro atoms. The van der Waals surface area contributed by atoms with Crippen molar-refractivity contribution in [2.24, 2.45) is 0 Å². The van der Waals surface area contributed by atoms with Gasteiger partial charge in [0, 0.05) is 6.54 Å². The van der Waals surface area contributed by atoms with E-state index in [9.17, 15) is 5.11 Å². The molecule has 2 aromatic rings. The molecule has 1 aromatic heterocycles. The third-order valence-electron chi connectivity index (χ3n) is 2.84. The van der Waals surface area contributed by atoms with Crippen LogP contribution in [0.25, 0.3) is 0 Å². The second-order valence-electron chi connectivity index (χ2n) is 4.10. The Balaban J connectivity index is 1.99. The van der Waals surface area contributed by atoms with Gasteiger partial charge in [0.25, 0.3) is 0 Å². The molecular weight excluding hydrogens is 266 g/mol. The maximum atomic E-state index is 9.34. The minimum atomic E-state index is -0.226. The van der Waals surface area contributed by atoms with Crippen LogP contribution >= 0.6 is 11.6 Å². The molecule has 102 valence electrons. The number of rotatable bonds is 6. The zero-order valence-electron chi connectivity index (χ0n) is 10.6. The molecule has 1 unspecified atom stereocenters. The Bertz CT molecular complexity index is 513. The van der Waals surface area contributed by atoms with E-state index in [1.807, 2.05) is 24.3 Å². The molecule has 0 aliphatic rings. The molecule has 1 heterocycles. The fourth-order valence-corrected chi connectivity index (χ4v) is 2.09. The lowest BCUT2D eigenvalue weighted by Gasteiger charge is -2.14. The molecular formula is C14H16ClNO3. The molecule has 0 bridgehead atoms. The topological polar surface area (TPSA) is 54.6 Å². The van der Waals surface area contributed by atoms with E-state index < -0.39 is 0 Å². The van der Waals surface area contributed by atoms with Crippen molar-refractivity contribution in [3.63, 3.8) is 0 Å².